The fourth-order valence-electron chi connectivity index (χ4n) is 3.35. The molecule has 7 nitrogen and oxygen atoms in total. The Kier molecular flexibility index (Phi) is 22.9. The first-order valence-electron chi connectivity index (χ1n) is 13.0. The van der Waals surface area contributed by atoms with Crippen LogP contribution in [-0.2, 0) is 9.57 Å². The van der Waals surface area contributed by atoms with Crippen molar-refractivity contribution in [3.8, 4) is 0 Å². The summed E-state index contributed by atoms with van der Waals surface area (Å²) in [6.45, 7) is 4.41. The van der Waals surface area contributed by atoms with Gasteiger partial charge in [0.15, 0.2) is 0 Å². The lowest BCUT2D eigenvalue weighted by Gasteiger charge is -2.20. The van der Waals surface area contributed by atoms with Gasteiger partial charge in [-0.05, 0) is 19.6 Å². The minimum absolute atomic E-state index is 0.396. The van der Waals surface area contributed by atoms with E-state index in [9.17, 15) is 9.59 Å². The monoisotopic (exact) mass is 519 g/mol. The first-order valence-corrected chi connectivity index (χ1v) is 15.0. The Morgan fingerprint density at radius 3 is 1.56 bits per heavy atom. The maximum absolute atomic E-state index is 12.0. The molecule has 0 saturated carbocycles. The van der Waals surface area contributed by atoms with Crippen molar-refractivity contribution >= 4 is 41.1 Å². The van der Waals surface area contributed by atoms with Crippen LogP contribution in [0.25, 0.3) is 0 Å². The van der Waals surface area contributed by atoms with E-state index in [-0.39, 0.29) is 0 Å². The Balaban J connectivity index is 3.53. The molecule has 0 rings (SSSR count). The maximum atomic E-state index is 12.0. The van der Waals surface area contributed by atoms with Gasteiger partial charge in [0.2, 0.25) is 0 Å². The molecule has 200 valence electrons. The fraction of sp³-hybridized carbons (Fsp3) is 0.880. The van der Waals surface area contributed by atoms with E-state index in [4.69, 9.17) is 9.57 Å². The van der Waals surface area contributed by atoms with Gasteiger partial charge in [0.25, 0.3) is 0 Å². The highest BCUT2D eigenvalue weighted by Crippen LogP contribution is 2.16. The van der Waals surface area contributed by atoms with Crippen molar-refractivity contribution in [2.45, 2.75) is 117 Å². The average Bonchev–Trinajstić information content (AvgIpc) is 2.83. The molecule has 0 aliphatic heterocycles. The van der Waals surface area contributed by atoms with E-state index in [2.05, 4.69) is 12.1 Å². The van der Waals surface area contributed by atoms with Crippen molar-refractivity contribution in [1.82, 2.24) is 8.61 Å². The summed E-state index contributed by atoms with van der Waals surface area (Å²) in [6.07, 6.45) is 21.7. The second-order valence-corrected chi connectivity index (χ2v) is 10.9. The molecule has 0 atom stereocenters. The van der Waals surface area contributed by atoms with E-state index in [1.165, 1.54) is 117 Å². The lowest BCUT2D eigenvalue weighted by atomic mass is 10.0. The van der Waals surface area contributed by atoms with Crippen molar-refractivity contribution in [3.05, 3.63) is 0 Å². The Hall–Kier alpha value is -1.09. The minimum Gasteiger partial charge on any atom is -0.449 e. The molecule has 0 aromatic carbocycles. The van der Waals surface area contributed by atoms with Crippen LogP contribution < -0.4 is 0 Å². The van der Waals surface area contributed by atoms with Gasteiger partial charge in [0.1, 0.15) is 5.04 Å². The molecule has 0 saturated heterocycles. The van der Waals surface area contributed by atoms with Gasteiger partial charge in [-0.2, -0.15) is 0 Å². The van der Waals surface area contributed by atoms with E-state index in [1.807, 2.05) is 6.26 Å². The summed E-state index contributed by atoms with van der Waals surface area (Å²) in [5.41, 5.74) is 0. The van der Waals surface area contributed by atoms with Crippen molar-refractivity contribution < 1.29 is 19.2 Å². The van der Waals surface area contributed by atoms with Crippen molar-refractivity contribution in [3.63, 3.8) is 0 Å². The van der Waals surface area contributed by atoms with Crippen LogP contribution in [0.5, 0.6) is 0 Å². The third-order valence-corrected chi connectivity index (χ3v) is 6.98. The second-order valence-electron chi connectivity index (χ2n) is 8.67. The number of amides is 2. The number of rotatable bonds is 20. The molecule has 0 heterocycles. The van der Waals surface area contributed by atoms with Crippen LogP contribution in [0.15, 0.2) is 5.16 Å². The zero-order chi connectivity index (χ0) is 25.4. The molecule has 2 amide bonds. The molecule has 9 heteroatoms. The standard InChI is InChI=1S/C25H49N3O4S2/c1-6-7-8-9-10-11-12-13-14-15-16-17-18-19-20-21-22-31-24(29)27(3)34-28(4)25(30)32-26-23(2)33-5/h6-22H2,1-5H3. The van der Waals surface area contributed by atoms with Gasteiger partial charge in [-0.15, -0.1) is 11.8 Å². The number of hydrogen-bond acceptors (Lipinski definition) is 7. The van der Waals surface area contributed by atoms with Crippen molar-refractivity contribution in [2.24, 2.45) is 5.16 Å². The van der Waals surface area contributed by atoms with E-state index >= 15 is 0 Å². The van der Waals surface area contributed by atoms with Gasteiger partial charge >= 0.3 is 12.2 Å². The predicted molar refractivity (Wildman–Crippen MR) is 147 cm³/mol. The molecular weight excluding hydrogens is 470 g/mol. The molecular formula is C25H49N3O4S2. The molecule has 0 fully saturated rings. The van der Waals surface area contributed by atoms with Crippen LogP contribution in [0, 0.1) is 0 Å². The number of ether oxygens (including phenoxy) is 1. The summed E-state index contributed by atoms with van der Waals surface area (Å²) >= 11 is 2.29. The van der Waals surface area contributed by atoms with Crippen LogP contribution >= 0.6 is 23.9 Å². The zero-order valence-electron chi connectivity index (χ0n) is 22.3. The molecule has 0 aromatic rings. The maximum Gasteiger partial charge on any atom is 0.447 e. The SMILES string of the molecule is CCCCCCCCCCCCCCCCCCOC(=O)N(C)SN(C)C(=O)ON=C(C)SC. The topological polar surface area (TPSA) is 71.4 Å². The number of oxime groups is 1. The van der Waals surface area contributed by atoms with Crippen LogP contribution in [0.3, 0.4) is 0 Å². The first-order chi connectivity index (χ1) is 16.4. The number of thioether (sulfide) groups is 1. The Morgan fingerprint density at radius 1 is 0.706 bits per heavy atom. The van der Waals surface area contributed by atoms with Gasteiger partial charge in [0, 0.05) is 14.1 Å². The van der Waals surface area contributed by atoms with Gasteiger partial charge in [-0.25, -0.2) is 18.2 Å². The molecule has 0 unspecified atom stereocenters. The Morgan fingerprint density at radius 2 is 1.12 bits per heavy atom. The predicted octanol–water partition coefficient (Wildman–Crippen LogP) is 8.64. The number of unbranched alkanes of at least 4 members (excludes halogenated alkanes) is 15. The molecule has 34 heavy (non-hydrogen) atoms. The lowest BCUT2D eigenvalue weighted by Crippen LogP contribution is -2.29. The third kappa shape index (κ3) is 20.3. The van der Waals surface area contributed by atoms with Crippen LogP contribution in [0.2, 0.25) is 0 Å². The molecule has 0 N–H and O–H groups in total. The summed E-state index contributed by atoms with van der Waals surface area (Å²) in [6, 6.07) is 0. The highest BCUT2D eigenvalue weighted by Gasteiger charge is 2.19. The molecule has 0 aliphatic rings. The number of nitrogens with zero attached hydrogens (tertiary/aromatic N) is 3. The molecule has 0 aromatic heterocycles. The number of hydrogen-bond donors (Lipinski definition) is 0. The number of carbonyl (C=O) groups is 2. The Bertz CT molecular complexity index is 550. The molecule has 0 aliphatic carbocycles. The normalized spacial score (nSPS) is 11.4. The van der Waals surface area contributed by atoms with E-state index in [1.54, 1.807) is 14.0 Å². The van der Waals surface area contributed by atoms with Gasteiger partial charge < -0.3 is 4.74 Å². The fourth-order valence-corrected chi connectivity index (χ4v) is 4.05. The summed E-state index contributed by atoms with van der Waals surface area (Å²) in [7, 11) is 3.07. The highest BCUT2D eigenvalue weighted by atomic mass is 32.2. The molecule has 0 spiro atoms. The van der Waals surface area contributed by atoms with Crippen LogP contribution in [0.1, 0.15) is 117 Å². The van der Waals surface area contributed by atoms with E-state index < -0.39 is 12.2 Å². The summed E-state index contributed by atoms with van der Waals surface area (Å²) in [5.74, 6) is 0. The summed E-state index contributed by atoms with van der Waals surface area (Å²) in [5, 5.41) is 4.32. The lowest BCUT2D eigenvalue weighted by molar-refractivity contribution is 0.127. The van der Waals surface area contributed by atoms with Crippen molar-refractivity contribution in [1.29, 1.82) is 0 Å². The molecule has 0 bridgehead atoms. The smallest absolute Gasteiger partial charge is 0.447 e. The van der Waals surface area contributed by atoms with Crippen LogP contribution in [-0.4, -0.2) is 52.8 Å². The van der Waals surface area contributed by atoms with E-state index in [0.29, 0.717) is 11.7 Å². The summed E-state index contributed by atoms with van der Waals surface area (Å²) < 4.78 is 7.73. The quantitative estimate of drug-likeness (QED) is 0.0400. The zero-order valence-corrected chi connectivity index (χ0v) is 23.9. The average molecular weight is 520 g/mol. The molecule has 0 radical (unpaired) electrons. The highest BCUT2D eigenvalue weighted by molar-refractivity contribution is 8.13. The summed E-state index contributed by atoms with van der Waals surface area (Å²) in [4.78, 5) is 28.7. The van der Waals surface area contributed by atoms with E-state index in [0.717, 1.165) is 25.0 Å². The van der Waals surface area contributed by atoms with Gasteiger partial charge in [-0.1, -0.05) is 108 Å². The van der Waals surface area contributed by atoms with Gasteiger partial charge in [0.05, 0.1) is 18.7 Å². The van der Waals surface area contributed by atoms with Crippen LogP contribution in [0.4, 0.5) is 9.59 Å². The minimum atomic E-state index is -0.657. The first kappa shape index (κ1) is 32.9. The Labute approximate surface area is 217 Å². The van der Waals surface area contributed by atoms with Gasteiger partial charge in [-0.3, -0.25) is 4.84 Å². The van der Waals surface area contributed by atoms with Crippen molar-refractivity contribution in [2.75, 3.05) is 27.0 Å². The number of carbonyl (C=O) groups excluding carboxylic acids is 2. The second kappa shape index (κ2) is 23.6. The largest absolute Gasteiger partial charge is 0.449 e. The third-order valence-electron chi connectivity index (χ3n) is 5.53.